The molecular weight excluding hydrogens is 304 g/mol. The third-order valence-corrected chi connectivity index (χ3v) is 4.13. The number of halogens is 1. The van der Waals surface area contributed by atoms with Gasteiger partial charge in [0.2, 0.25) is 5.91 Å². The van der Waals surface area contributed by atoms with Gasteiger partial charge in [-0.3, -0.25) is 4.79 Å². The van der Waals surface area contributed by atoms with Crippen molar-refractivity contribution >= 4 is 40.6 Å². The molecule has 3 nitrogen and oxygen atoms in total. The molecule has 2 rings (SSSR count). The van der Waals surface area contributed by atoms with Gasteiger partial charge in [0.05, 0.1) is 0 Å². The molecule has 0 fully saturated rings. The van der Waals surface area contributed by atoms with E-state index in [2.05, 4.69) is 5.32 Å². The van der Waals surface area contributed by atoms with Crippen molar-refractivity contribution in [1.82, 2.24) is 0 Å². The van der Waals surface area contributed by atoms with Crippen LogP contribution in [0.3, 0.4) is 0 Å². The van der Waals surface area contributed by atoms with Crippen LogP contribution in [0.25, 0.3) is 0 Å². The second-order valence-corrected chi connectivity index (χ2v) is 6.14. The van der Waals surface area contributed by atoms with E-state index in [1.807, 2.05) is 24.3 Å². The zero-order valence-corrected chi connectivity index (χ0v) is 13.1. The molecule has 0 saturated heterocycles. The van der Waals surface area contributed by atoms with Gasteiger partial charge in [0.1, 0.15) is 0 Å². The van der Waals surface area contributed by atoms with E-state index in [0.29, 0.717) is 12.1 Å². The van der Waals surface area contributed by atoms with E-state index in [9.17, 15) is 4.79 Å². The first kappa shape index (κ1) is 15.7. The highest BCUT2D eigenvalue weighted by atomic mass is 35.5. The van der Waals surface area contributed by atoms with E-state index in [4.69, 9.17) is 17.3 Å². The Hall–Kier alpha value is -1.65. The molecule has 0 unspecified atom stereocenters. The van der Waals surface area contributed by atoms with E-state index in [-0.39, 0.29) is 5.91 Å². The fourth-order valence-electron chi connectivity index (χ4n) is 1.73. The molecule has 0 radical (unpaired) electrons. The van der Waals surface area contributed by atoms with Crippen molar-refractivity contribution in [2.45, 2.75) is 12.2 Å². The summed E-state index contributed by atoms with van der Waals surface area (Å²) in [5.41, 5.74) is 8.27. The van der Waals surface area contributed by atoms with Gasteiger partial charge in [-0.25, -0.2) is 0 Å². The summed E-state index contributed by atoms with van der Waals surface area (Å²) >= 11 is 7.56. The quantitative estimate of drug-likeness (QED) is 0.620. The van der Waals surface area contributed by atoms with Crippen LogP contribution in [0, 0.1) is 0 Å². The summed E-state index contributed by atoms with van der Waals surface area (Å²) in [6.45, 7) is 0. The Morgan fingerprint density at radius 2 is 1.76 bits per heavy atom. The number of rotatable bonds is 6. The molecule has 0 saturated carbocycles. The van der Waals surface area contributed by atoms with Gasteiger partial charge in [0, 0.05) is 34.3 Å². The highest BCUT2D eigenvalue weighted by molar-refractivity contribution is 7.98. The smallest absolute Gasteiger partial charge is 0.225 e. The number of nitrogens with one attached hydrogen (secondary N) is 1. The van der Waals surface area contributed by atoms with Gasteiger partial charge in [0.25, 0.3) is 0 Å². The molecule has 2 aromatic rings. The van der Waals surface area contributed by atoms with E-state index in [1.54, 1.807) is 36.0 Å². The van der Waals surface area contributed by atoms with Crippen LogP contribution in [0.4, 0.5) is 11.4 Å². The van der Waals surface area contributed by atoms with Gasteiger partial charge < -0.3 is 11.1 Å². The Kier molecular flexibility index (Phi) is 5.96. The number of benzene rings is 2. The van der Waals surface area contributed by atoms with Crippen molar-refractivity contribution in [1.29, 1.82) is 0 Å². The Labute approximate surface area is 133 Å². The molecule has 0 atom stereocenters. The van der Waals surface area contributed by atoms with Crippen molar-refractivity contribution in [3.63, 3.8) is 0 Å². The van der Waals surface area contributed by atoms with Gasteiger partial charge in [-0.15, -0.1) is 0 Å². The zero-order chi connectivity index (χ0) is 15.1. The van der Waals surface area contributed by atoms with Crippen LogP contribution in [0.15, 0.2) is 48.5 Å². The number of carbonyl (C=O) groups is 1. The fourth-order valence-corrected chi connectivity index (χ4v) is 2.75. The summed E-state index contributed by atoms with van der Waals surface area (Å²) in [4.78, 5) is 11.8. The number of hydrogen-bond donors (Lipinski definition) is 2. The summed E-state index contributed by atoms with van der Waals surface area (Å²) in [7, 11) is 0. The van der Waals surface area contributed by atoms with Crippen molar-refractivity contribution in [3.05, 3.63) is 59.1 Å². The predicted octanol–water partition coefficient (Wildman–Crippen LogP) is 4.18. The second-order valence-electron chi connectivity index (χ2n) is 4.60. The van der Waals surface area contributed by atoms with Crippen LogP contribution in [0.2, 0.25) is 5.02 Å². The van der Waals surface area contributed by atoms with Gasteiger partial charge in [-0.1, -0.05) is 23.7 Å². The Morgan fingerprint density at radius 1 is 1.10 bits per heavy atom. The number of hydrogen-bond acceptors (Lipinski definition) is 3. The molecule has 0 heterocycles. The molecule has 2 aromatic carbocycles. The first-order chi connectivity index (χ1) is 10.1. The molecule has 0 aliphatic heterocycles. The molecule has 0 aliphatic carbocycles. The van der Waals surface area contributed by atoms with Crippen LogP contribution in [-0.2, 0) is 10.5 Å². The minimum atomic E-state index is 0.0170. The first-order valence-corrected chi connectivity index (χ1v) is 8.14. The molecule has 0 aromatic heterocycles. The highest BCUT2D eigenvalue weighted by Crippen LogP contribution is 2.16. The second kappa shape index (κ2) is 7.96. The molecule has 0 spiro atoms. The molecular formula is C16H17ClN2OS. The molecule has 0 aliphatic rings. The predicted molar refractivity (Wildman–Crippen MR) is 91.7 cm³/mol. The minimum absolute atomic E-state index is 0.0170. The summed E-state index contributed by atoms with van der Waals surface area (Å²) in [6.07, 6.45) is 0.489. The van der Waals surface area contributed by atoms with Gasteiger partial charge in [-0.05, 0) is 42.0 Å². The average molecular weight is 321 g/mol. The van der Waals surface area contributed by atoms with Crippen molar-refractivity contribution in [2.75, 3.05) is 16.8 Å². The van der Waals surface area contributed by atoms with E-state index in [1.165, 1.54) is 5.56 Å². The Bertz CT molecular complexity index is 584. The van der Waals surface area contributed by atoms with Crippen molar-refractivity contribution in [3.8, 4) is 0 Å². The van der Waals surface area contributed by atoms with E-state index in [0.717, 1.165) is 22.2 Å². The minimum Gasteiger partial charge on any atom is -0.399 e. The van der Waals surface area contributed by atoms with E-state index >= 15 is 0 Å². The normalized spacial score (nSPS) is 10.3. The van der Waals surface area contributed by atoms with Crippen molar-refractivity contribution < 1.29 is 4.79 Å². The summed E-state index contributed by atoms with van der Waals surface area (Å²) in [5, 5.41) is 3.59. The maximum absolute atomic E-state index is 11.8. The van der Waals surface area contributed by atoms with Gasteiger partial charge >= 0.3 is 0 Å². The van der Waals surface area contributed by atoms with Crippen LogP contribution >= 0.6 is 23.4 Å². The monoisotopic (exact) mass is 320 g/mol. The van der Waals surface area contributed by atoms with Crippen molar-refractivity contribution in [2.24, 2.45) is 0 Å². The molecule has 110 valence electrons. The average Bonchev–Trinajstić information content (AvgIpc) is 2.48. The number of nitrogens with two attached hydrogens (primary N) is 1. The molecule has 1 amide bonds. The number of amides is 1. The molecule has 0 bridgehead atoms. The maximum atomic E-state index is 11.8. The fraction of sp³-hybridized carbons (Fsp3) is 0.188. The van der Waals surface area contributed by atoms with Gasteiger partial charge in [-0.2, -0.15) is 11.8 Å². The van der Waals surface area contributed by atoms with Gasteiger partial charge in [0.15, 0.2) is 0 Å². The lowest BCUT2D eigenvalue weighted by atomic mass is 10.2. The summed E-state index contributed by atoms with van der Waals surface area (Å²) in [5.74, 6) is 1.68. The Morgan fingerprint density at radius 3 is 2.43 bits per heavy atom. The Balaban J connectivity index is 1.67. The lowest BCUT2D eigenvalue weighted by Gasteiger charge is -2.06. The number of carbonyl (C=O) groups excluding carboxylic acids is 1. The summed E-state index contributed by atoms with van der Waals surface area (Å²) in [6, 6.07) is 14.9. The summed E-state index contributed by atoms with van der Waals surface area (Å²) < 4.78 is 0. The number of nitrogen functional groups attached to an aromatic ring is 1. The number of anilines is 2. The molecule has 3 N–H and O–H groups in total. The third kappa shape index (κ3) is 5.69. The lowest BCUT2D eigenvalue weighted by molar-refractivity contribution is -0.115. The zero-order valence-electron chi connectivity index (χ0n) is 11.5. The molecule has 21 heavy (non-hydrogen) atoms. The van der Waals surface area contributed by atoms with Crippen LogP contribution in [0.1, 0.15) is 12.0 Å². The lowest BCUT2D eigenvalue weighted by Crippen LogP contribution is -2.12. The topological polar surface area (TPSA) is 55.1 Å². The number of thioether (sulfide) groups is 1. The first-order valence-electron chi connectivity index (χ1n) is 6.61. The van der Waals surface area contributed by atoms with E-state index < -0.39 is 0 Å². The SMILES string of the molecule is Nc1ccc(NC(=O)CCSCc2ccc(Cl)cc2)cc1. The standard InChI is InChI=1S/C16H17ClN2OS/c17-13-3-1-12(2-4-13)11-21-10-9-16(20)19-15-7-5-14(18)6-8-15/h1-8H,9-11,18H2,(H,19,20). The van der Waals surface area contributed by atoms with Crippen LogP contribution in [0.5, 0.6) is 0 Å². The molecule has 5 heteroatoms. The largest absolute Gasteiger partial charge is 0.399 e. The highest BCUT2D eigenvalue weighted by Gasteiger charge is 2.02. The van der Waals surface area contributed by atoms with Crippen LogP contribution < -0.4 is 11.1 Å². The maximum Gasteiger partial charge on any atom is 0.225 e. The van der Waals surface area contributed by atoms with Crippen LogP contribution in [-0.4, -0.2) is 11.7 Å². The third-order valence-electron chi connectivity index (χ3n) is 2.85.